The SMILES string of the molecule is COc1cc(/C=C(\C#N)c2nc3sc4c(c3c(=O)[nH]2)CCCC4)cc(Cl)c1OC. The van der Waals surface area contributed by atoms with Crippen LogP contribution in [0.3, 0.4) is 0 Å². The first-order chi connectivity index (χ1) is 14.0. The maximum Gasteiger partial charge on any atom is 0.260 e. The maximum absolute atomic E-state index is 12.8. The predicted molar refractivity (Wildman–Crippen MR) is 115 cm³/mol. The normalized spacial score (nSPS) is 13.8. The van der Waals surface area contributed by atoms with Crippen molar-refractivity contribution in [1.82, 2.24) is 9.97 Å². The van der Waals surface area contributed by atoms with Crippen molar-refractivity contribution in [2.45, 2.75) is 25.7 Å². The number of thiophene rings is 1. The molecule has 0 spiro atoms. The minimum absolute atomic E-state index is 0.198. The van der Waals surface area contributed by atoms with E-state index >= 15 is 0 Å². The van der Waals surface area contributed by atoms with Crippen LogP contribution in [-0.2, 0) is 12.8 Å². The van der Waals surface area contributed by atoms with Crippen LogP contribution in [-0.4, -0.2) is 24.2 Å². The van der Waals surface area contributed by atoms with Gasteiger partial charge in [0.1, 0.15) is 10.9 Å². The van der Waals surface area contributed by atoms with Crippen LogP contribution in [0, 0.1) is 11.3 Å². The second-order valence-corrected chi connectivity index (χ2v) is 8.20. The first-order valence-electron chi connectivity index (χ1n) is 9.14. The minimum atomic E-state index is -0.198. The van der Waals surface area contributed by atoms with Gasteiger partial charge in [-0.05, 0) is 55.0 Å². The average molecular weight is 428 g/mol. The van der Waals surface area contributed by atoms with Gasteiger partial charge < -0.3 is 14.5 Å². The molecule has 1 aliphatic rings. The Kier molecular flexibility index (Phi) is 5.31. The van der Waals surface area contributed by atoms with E-state index in [1.165, 1.54) is 19.1 Å². The molecule has 1 N–H and O–H groups in total. The third-order valence-electron chi connectivity index (χ3n) is 4.97. The molecule has 29 heavy (non-hydrogen) atoms. The lowest BCUT2D eigenvalue weighted by atomic mass is 9.97. The molecule has 0 bridgehead atoms. The number of aromatic amines is 1. The zero-order valence-electron chi connectivity index (χ0n) is 16.0. The monoisotopic (exact) mass is 427 g/mol. The van der Waals surface area contributed by atoms with Crippen LogP contribution in [0.5, 0.6) is 11.5 Å². The number of H-pyrrole nitrogens is 1. The summed E-state index contributed by atoms with van der Waals surface area (Å²) in [5.74, 6) is 1.11. The number of aromatic nitrogens is 2. The molecule has 0 atom stereocenters. The van der Waals surface area contributed by atoms with Crippen LogP contribution >= 0.6 is 22.9 Å². The summed E-state index contributed by atoms with van der Waals surface area (Å²) >= 11 is 7.81. The zero-order chi connectivity index (χ0) is 20.5. The van der Waals surface area contributed by atoms with Crippen molar-refractivity contribution < 1.29 is 9.47 Å². The number of nitrogens with one attached hydrogen (secondary N) is 1. The quantitative estimate of drug-likeness (QED) is 0.615. The fraction of sp³-hybridized carbons (Fsp3) is 0.286. The Hall–Kier alpha value is -2.82. The third-order valence-corrected chi connectivity index (χ3v) is 6.43. The largest absolute Gasteiger partial charge is 0.493 e. The lowest BCUT2D eigenvalue weighted by Crippen LogP contribution is -2.12. The summed E-state index contributed by atoms with van der Waals surface area (Å²) in [5, 5.41) is 10.7. The highest BCUT2D eigenvalue weighted by Crippen LogP contribution is 2.37. The van der Waals surface area contributed by atoms with E-state index in [1.54, 1.807) is 29.5 Å². The molecule has 1 aliphatic carbocycles. The fourth-order valence-corrected chi connectivity index (χ4v) is 5.19. The van der Waals surface area contributed by atoms with Gasteiger partial charge in [0.05, 0.1) is 30.2 Å². The number of halogens is 1. The van der Waals surface area contributed by atoms with Crippen molar-refractivity contribution in [3.05, 3.63) is 49.3 Å². The Bertz CT molecular complexity index is 1240. The number of allylic oxidation sites excluding steroid dienone is 1. The highest BCUT2D eigenvalue weighted by atomic mass is 35.5. The van der Waals surface area contributed by atoms with Gasteiger partial charge in [-0.3, -0.25) is 4.79 Å². The van der Waals surface area contributed by atoms with Crippen LogP contribution in [0.15, 0.2) is 16.9 Å². The van der Waals surface area contributed by atoms with E-state index < -0.39 is 0 Å². The molecule has 148 valence electrons. The third kappa shape index (κ3) is 3.50. The number of nitriles is 1. The number of fused-ring (bicyclic) bond motifs is 3. The summed E-state index contributed by atoms with van der Waals surface area (Å²) in [6.45, 7) is 0. The number of methoxy groups -OCH3 is 2. The number of hydrogen-bond acceptors (Lipinski definition) is 6. The van der Waals surface area contributed by atoms with Crippen molar-refractivity contribution in [3.8, 4) is 17.6 Å². The molecule has 0 unspecified atom stereocenters. The molecule has 6 nitrogen and oxygen atoms in total. The van der Waals surface area contributed by atoms with E-state index in [1.807, 2.05) is 0 Å². The van der Waals surface area contributed by atoms with E-state index in [0.717, 1.165) is 31.2 Å². The van der Waals surface area contributed by atoms with Crippen molar-refractivity contribution in [1.29, 1.82) is 5.26 Å². The molecule has 0 amide bonds. The first-order valence-corrected chi connectivity index (χ1v) is 10.3. The van der Waals surface area contributed by atoms with Crippen LogP contribution < -0.4 is 15.0 Å². The Morgan fingerprint density at radius 3 is 2.83 bits per heavy atom. The number of rotatable bonds is 4. The Morgan fingerprint density at radius 2 is 2.10 bits per heavy atom. The molecule has 3 aromatic rings. The molecule has 4 rings (SSSR count). The van der Waals surface area contributed by atoms with E-state index in [4.69, 9.17) is 21.1 Å². The van der Waals surface area contributed by atoms with Crippen molar-refractivity contribution >= 4 is 44.8 Å². The molecule has 8 heteroatoms. The smallest absolute Gasteiger partial charge is 0.260 e. The van der Waals surface area contributed by atoms with Crippen LogP contribution in [0.2, 0.25) is 5.02 Å². The van der Waals surface area contributed by atoms with Crippen LogP contribution in [0.25, 0.3) is 21.9 Å². The number of nitrogens with zero attached hydrogens (tertiary/aromatic N) is 2. The second-order valence-electron chi connectivity index (χ2n) is 6.71. The van der Waals surface area contributed by atoms with Gasteiger partial charge in [0.25, 0.3) is 5.56 Å². The van der Waals surface area contributed by atoms with E-state index in [0.29, 0.717) is 32.3 Å². The highest BCUT2D eigenvalue weighted by molar-refractivity contribution is 7.18. The van der Waals surface area contributed by atoms with Gasteiger partial charge >= 0.3 is 0 Å². The molecule has 2 aromatic heterocycles. The van der Waals surface area contributed by atoms with Gasteiger partial charge in [-0.1, -0.05) is 11.6 Å². The van der Waals surface area contributed by atoms with Gasteiger partial charge in [0, 0.05) is 4.88 Å². The molecule has 0 aliphatic heterocycles. The average Bonchev–Trinajstić information content (AvgIpc) is 3.10. The van der Waals surface area contributed by atoms with Gasteiger partial charge in [-0.25, -0.2) is 4.98 Å². The van der Waals surface area contributed by atoms with Crippen LogP contribution in [0.4, 0.5) is 0 Å². The Labute approximate surface area is 176 Å². The first kappa shape index (κ1) is 19.5. The van der Waals surface area contributed by atoms with Gasteiger partial charge in [-0.15, -0.1) is 11.3 Å². The molecule has 0 fully saturated rings. The second kappa shape index (κ2) is 7.90. The molecular formula is C21H18ClN3O3S. The standard InChI is InChI=1S/C21H18ClN3O3S/c1-27-15-9-11(8-14(22)18(15)28-2)7-12(10-23)19-24-20(26)17-13-5-3-4-6-16(13)29-21(17)25-19/h7-9H,3-6H2,1-2H3,(H,24,25,26)/b12-7+. The topological polar surface area (TPSA) is 88.0 Å². The van der Waals surface area contributed by atoms with Crippen LogP contribution in [0.1, 0.15) is 34.7 Å². The minimum Gasteiger partial charge on any atom is -0.493 e. The van der Waals surface area contributed by atoms with Gasteiger partial charge in [-0.2, -0.15) is 5.26 Å². The summed E-state index contributed by atoms with van der Waals surface area (Å²) in [7, 11) is 3.02. The molecule has 1 aromatic carbocycles. The number of aryl methyl sites for hydroxylation is 2. The molecule has 2 heterocycles. The molecule has 0 saturated carbocycles. The summed E-state index contributed by atoms with van der Waals surface area (Å²) in [6.07, 6.45) is 5.73. The lowest BCUT2D eigenvalue weighted by Gasteiger charge is -2.10. The summed E-state index contributed by atoms with van der Waals surface area (Å²) in [5.41, 5.74) is 1.79. The van der Waals surface area contributed by atoms with Crippen molar-refractivity contribution in [2.75, 3.05) is 14.2 Å². The Balaban J connectivity index is 1.83. The van der Waals surface area contributed by atoms with Crippen molar-refractivity contribution in [3.63, 3.8) is 0 Å². The lowest BCUT2D eigenvalue weighted by molar-refractivity contribution is 0.355. The van der Waals surface area contributed by atoms with E-state index in [-0.39, 0.29) is 17.0 Å². The van der Waals surface area contributed by atoms with E-state index in [9.17, 15) is 10.1 Å². The number of benzene rings is 1. The predicted octanol–water partition coefficient (Wildman–Crippen LogP) is 4.60. The van der Waals surface area contributed by atoms with Gasteiger partial charge in [0.2, 0.25) is 0 Å². The maximum atomic E-state index is 12.8. The fourth-order valence-electron chi connectivity index (χ4n) is 3.63. The highest BCUT2D eigenvalue weighted by Gasteiger charge is 2.20. The number of hydrogen-bond donors (Lipinski definition) is 1. The van der Waals surface area contributed by atoms with Gasteiger partial charge in [0.15, 0.2) is 17.3 Å². The zero-order valence-corrected chi connectivity index (χ0v) is 17.5. The summed E-state index contributed by atoms with van der Waals surface area (Å²) in [6, 6.07) is 5.50. The summed E-state index contributed by atoms with van der Waals surface area (Å²) < 4.78 is 10.5. The molecule has 0 radical (unpaired) electrons. The van der Waals surface area contributed by atoms with E-state index in [2.05, 4.69) is 16.0 Å². The van der Waals surface area contributed by atoms with Crippen molar-refractivity contribution in [2.24, 2.45) is 0 Å². The molecular weight excluding hydrogens is 410 g/mol. The number of ether oxygens (including phenoxy) is 2. The Morgan fingerprint density at radius 1 is 1.31 bits per heavy atom. The summed E-state index contributed by atoms with van der Waals surface area (Å²) in [4.78, 5) is 22.0. The molecule has 0 saturated heterocycles.